The molecule has 2 aliphatic heterocycles. The van der Waals surface area contributed by atoms with Gasteiger partial charge in [0.1, 0.15) is 17.6 Å². The molecule has 1 amide bonds. The number of likely N-dealkylation sites (N-methyl/N-ethyl adjacent to an activating group) is 1. The average molecular weight is 552 g/mol. The minimum Gasteiger partial charge on any atom is -0.507 e. The van der Waals surface area contributed by atoms with E-state index in [4.69, 9.17) is 14.2 Å². The number of hydrogen-bond donors (Lipinski definition) is 2. The standard InChI is InChI=1S/C32H42N2O6/c1-7-33(8-2)14-15-34-29(22-9-12-26(27(19-22)38-6)39-16-13-20(3)4)28(31(36)32(34)37)30(35)23-10-11-25-24(18-23)17-21(5)40-25/h9-12,18-21,29,35H,7-8,13-17H2,1-6H3/p+1/t21-,29+/m0/s1. The van der Waals surface area contributed by atoms with Crippen molar-refractivity contribution in [2.24, 2.45) is 5.92 Å². The molecule has 40 heavy (non-hydrogen) atoms. The molecule has 0 radical (unpaired) electrons. The number of rotatable bonds is 12. The van der Waals surface area contributed by atoms with Gasteiger partial charge in [0.05, 0.1) is 51.5 Å². The van der Waals surface area contributed by atoms with E-state index in [1.807, 2.05) is 37.3 Å². The molecule has 0 aliphatic carbocycles. The number of benzene rings is 2. The zero-order valence-electron chi connectivity index (χ0n) is 24.6. The van der Waals surface area contributed by atoms with Crippen LogP contribution in [0.25, 0.3) is 5.76 Å². The van der Waals surface area contributed by atoms with Gasteiger partial charge in [-0.05, 0) is 74.6 Å². The van der Waals surface area contributed by atoms with Gasteiger partial charge in [0.15, 0.2) is 11.5 Å². The molecule has 2 atom stereocenters. The molecule has 0 unspecified atom stereocenters. The molecule has 216 valence electrons. The SMILES string of the molecule is CC[NH+](CC)CCN1C(=O)C(=O)C(=C(O)c2ccc3c(c2)C[C@H](C)O3)[C@H]1c1ccc(OCCC(C)C)c(OC)c1. The molecule has 8 heteroatoms. The number of ether oxygens (including phenoxy) is 3. The molecule has 1 saturated heterocycles. The molecule has 2 heterocycles. The Labute approximate surface area is 237 Å². The average Bonchev–Trinajstić information content (AvgIpc) is 3.44. The molecule has 0 bridgehead atoms. The van der Waals surface area contributed by atoms with E-state index >= 15 is 0 Å². The molecule has 8 nitrogen and oxygen atoms in total. The maximum Gasteiger partial charge on any atom is 0.295 e. The number of nitrogens with zero attached hydrogens (tertiary/aromatic N) is 1. The molecule has 2 aromatic rings. The first-order chi connectivity index (χ1) is 19.2. The van der Waals surface area contributed by atoms with Crippen molar-refractivity contribution in [1.29, 1.82) is 0 Å². The first-order valence-electron chi connectivity index (χ1n) is 14.4. The Kier molecular flexibility index (Phi) is 9.40. The highest BCUT2D eigenvalue weighted by Crippen LogP contribution is 2.42. The van der Waals surface area contributed by atoms with E-state index in [1.54, 1.807) is 18.1 Å². The van der Waals surface area contributed by atoms with Gasteiger partial charge >= 0.3 is 0 Å². The molecule has 1 fully saturated rings. The highest BCUT2D eigenvalue weighted by atomic mass is 16.5. The van der Waals surface area contributed by atoms with Crippen LogP contribution in [0.5, 0.6) is 17.2 Å². The smallest absolute Gasteiger partial charge is 0.295 e. The van der Waals surface area contributed by atoms with Gasteiger partial charge < -0.3 is 29.1 Å². The normalized spacial score (nSPS) is 19.9. The van der Waals surface area contributed by atoms with Crippen molar-refractivity contribution in [3.8, 4) is 17.2 Å². The topological polar surface area (TPSA) is 89.7 Å². The van der Waals surface area contributed by atoms with Crippen LogP contribution < -0.4 is 19.1 Å². The van der Waals surface area contributed by atoms with Crippen LogP contribution in [0.4, 0.5) is 0 Å². The number of nitrogens with one attached hydrogen (secondary N) is 1. The summed E-state index contributed by atoms with van der Waals surface area (Å²) in [5.74, 6) is 0.937. The quantitative estimate of drug-likeness (QED) is 0.237. The van der Waals surface area contributed by atoms with Gasteiger partial charge in [-0.25, -0.2) is 0 Å². The number of quaternary nitrogens is 1. The molecule has 0 spiro atoms. The number of Topliss-reactive ketones (excluding diaryl/α,β-unsaturated/α-hetero) is 1. The van der Waals surface area contributed by atoms with Crippen LogP contribution in [0, 0.1) is 5.92 Å². The van der Waals surface area contributed by atoms with Crippen LogP contribution >= 0.6 is 0 Å². The zero-order chi connectivity index (χ0) is 29.0. The third-order valence-electron chi connectivity index (χ3n) is 7.87. The van der Waals surface area contributed by atoms with E-state index in [-0.39, 0.29) is 17.4 Å². The summed E-state index contributed by atoms with van der Waals surface area (Å²) in [6.07, 6.45) is 1.67. The third-order valence-corrected chi connectivity index (χ3v) is 7.87. The minimum absolute atomic E-state index is 0.0503. The summed E-state index contributed by atoms with van der Waals surface area (Å²) in [5.41, 5.74) is 2.23. The Bertz CT molecular complexity index is 1270. The van der Waals surface area contributed by atoms with E-state index in [0.717, 1.165) is 37.2 Å². The second-order valence-electron chi connectivity index (χ2n) is 11.1. The molecule has 2 aliphatic rings. The predicted molar refractivity (Wildman–Crippen MR) is 154 cm³/mol. The molecule has 2 N–H and O–H groups in total. The molecular weight excluding hydrogens is 508 g/mol. The summed E-state index contributed by atoms with van der Waals surface area (Å²) in [7, 11) is 1.57. The first-order valence-corrected chi connectivity index (χ1v) is 14.4. The van der Waals surface area contributed by atoms with Crippen molar-refractivity contribution in [2.75, 3.05) is 39.9 Å². The van der Waals surface area contributed by atoms with Gasteiger partial charge in [-0.2, -0.15) is 0 Å². The highest BCUT2D eigenvalue weighted by molar-refractivity contribution is 6.46. The monoisotopic (exact) mass is 551 g/mol. The number of fused-ring (bicyclic) bond motifs is 1. The summed E-state index contributed by atoms with van der Waals surface area (Å²) < 4.78 is 17.4. The first kappa shape index (κ1) is 29.5. The van der Waals surface area contributed by atoms with Gasteiger partial charge in [-0.3, -0.25) is 9.59 Å². The van der Waals surface area contributed by atoms with Crippen LogP contribution in [-0.4, -0.2) is 67.7 Å². The molecule has 2 aromatic carbocycles. The van der Waals surface area contributed by atoms with Crippen molar-refractivity contribution in [3.63, 3.8) is 0 Å². The maximum absolute atomic E-state index is 13.5. The summed E-state index contributed by atoms with van der Waals surface area (Å²) in [5, 5.41) is 11.6. The zero-order valence-corrected chi connectivity index (χ0v) is 24.6. The number of aliphatic hydroxyl groups excluding tert-OH is 1. The van der Waals surface area contributed by atoms with E-state index in [1.165, 1.54) is 4.90 Å². The fourth-order valence-corrected chi connectivity index (χ4v) is 5.44. The molecule has 0 aromatic heterocycles. The fraction of sp³-hybridized carbons (Fsp3) is 0.500. The second-order valence-corrected chi connectivity index (χ2v) is 11.1. The van der Waals surface area contributed by atoms with Crippen LogP contribution in [0.2, 0.25) is 0 Å². The summed E-state index contributed by atoms with van der Waals surface area (Å²) >= 11 is 0. The van der Waals surface area contributed by atoms with Crippen molar-refractivity contribution in [1.82, 2.24) is 4.90 Å². The summed E-state index contributed by atoms with van der Waals surface area (Å²) in [4.78, 5) is 29.8. The van der Waals surface area contributed by atoms with Crippen LogP contribution in [0.15, 0.2) is 42.0 Å². The number of carbonyl (C=O) groups excluding carboxylic acids is 2. The molecule has 4 rings (SSSR count). The largest absolute Gasteiger partial charge is 0.507 e. The van der Waals surface area contributed by atoms with Gasteiger partial charge in [-0.1, -0.05) is 19.9 Å². The number of ketones is 1. The lowest BCUT2D eigenvalue weighted by molar-refractivity contribution is -0.895. The predicted octanol–water partition coefficient (Wildman–Crippen LogP) is 3.79. The lowest BCUT2D eigenvalue weighted by Crippen LogP contribution is -3.12. The number of carbonyl (C=O) groups is 2. The Hall–Kier alpha value is -3.52. The van der Waals surface area contributed by atoms with Crippen molar-refractivity contribution < 1.29 is 33.8 Å². The number of methoxy groups -OCH3 is 1. The lowest BCUT2D eigenvalue weighted by atomic mass is 9.94. The minimum atomic E-state index is -0.753. The summed E-state index contributed by atoms with van der Waals surface area (Å²) in [6, 6.07) is 10.1. The second kappa shape index (κ2) is 12.8. The molecular formula is C32H43N2O6+. The van der Waals surface area contributed by atoms with Crippen LogP contribution in [0.3, 0.4) is 0 Å². The Balaban J connectivity index is 1.77. The summed E-state index contributed by atoms with van der Waals surface area (Å²) in [6.45, 7) is 13.9. The fourth-order valence-electron chi connectivity index (χ4n) is 5.44. The van der Waals surface area contributed by atoms with Gasteiger partial charge in [0.2, 0.25) is 0 Å². The van der Waals surface area contributed by atoms with E-state index in [0.29, 0.717) is 48.2 Å². The van der Waals surface area contributed by atoms with Gasteiger partial charge in [0.25, 0.3) is 11.7 Å². The third kappa shape index (κ3) is 6.12. The number of hydrogen-bond acceptors (Lipinski definition) is 6. The van der Waals surface area contributed by atoms with Crippen molar-refractivity contribution in [2.45, 2.75) is 59.6 Å². The highest BCUT2D eigenvalue weighted by Gasteiger charge is 2.46. The van der Waals surface area contributed by atoms with Crippen molar-refractivity contribution in [3.05, 3.63) is 58.7 Å². The Morgan fingerprint density at radius 3 is 2.55 bits per heavy atom. The van der Waals surface area contributed by atoms with Gasteiger partial charge in [-0.15, -0.1) is 0 Å². The lowest BCUT2D eigenvalue weighted by Gasteiger charge is -2.27. The Morgan fingerprint density at radius 2 is 1.88 bits per heavy atom. The maximum atomic E-state index is 13.5. The van der Waals surface area contributed by atoms with Crippen LogP contribution in [-0.2, 0) is 16.0 Å². The van der Waals surface area contributed by atoms with E-state index in [9.17, 15) is 14.7 Å². The number of likely N-dealkylation sites (tertiary alicyclic amines) is 1. The van der Waals surface area contributed by atoms with E-state index in [2.05, 4.69) is 27.7 Å². The number of amides is 1. The van der Waals surface area contributed by atoms with Gasteiger partial charge in [0, 0.05) is 12.0 Å². The van der Waals surface area contributed by atoms with E-state index < -0.39 is 17.7 Å². The Morgan fingerprint density at radius 1 is 1.12 bits per heavy atom. The number of aliphatic hydroxyl groups is 1. The molecule has 0 saturated carbocycles. The van der Waals surface area contributed by atoms with Crippen molar-refractivity contribution >= 4 is 17.4 Å². The van der Waals surface area contributed by atoms with Crippen LogP contribution in [0.1, 0.15) is 63.8 Å².